The van der Waals surface area contributed by atoms with Crippen molar-refractivity contribution in [2.45, 2.75) is 25.4 Å². The number of amides is 2. The van der Waals surface area contributed by atoms with E-state index < -0.39 is 0 Å². The summed E-state index contributed by atoms with van der Waals surface area (Å²) in [5, 5.41) is 8.85. The normalized spacial score (nSPS) is 13.9. The van der Waals surface area contributed by atoms with E-state index in [4.69, 9.17) is 0 Å². The fraction of sp³-hybridized carbons (Fsp3) is 0.333. The van der Waals surface area contributed by atoms with Gasteiger partial charge in [-0.15, -0.1) is 10.2 Å². The van der Waals surface area contributed by atoms with Gasteiger partial charge in [0.2, 0.25) is 11.8 Å². The Bertz CT molecular complexity index is 1140. The van der Waals surface area contributed by atoms with E-state index in [0.717, 1.165) is 11.3 Å². The minimum absolute atomic E-state index is 0.00965. The van der Waals surface area contributed by atoms with Gasteiger partial charge in [-0.1, -0.05) is 30.0 Å². The first-order valence-electron chi connectivity index (χ1n) is 10.8. The summed E-state index contributed by atoms with van der Waals surface area (Å²) < 4.78 is 14.9. The maximum atomic E-state index is 13.0. The molecule has 0 N–H and O–H groups in total. The summed E-state index contributed by atoms with van der Waals surface area (Å²) in [6.45, 7) is 6.11. The monoisotopic (exact) mass is 467 g/mol. The number of hydrogen-bond acceptors (Lipinski definition) is 5. The number of hydrogen-bond donors (Lipinski definition) is 0. The highest BCUT2D eigenvalue weighted by Gasteiger charge is 2.24. The molecule has 2 aromatic carbocycles. The van der Waals surface area contributed by atoms with Crippen LogP contribution < -0.4 is 0 Å². The van der Waals surface area contributed by atoms with Gasteiger partial charge >= 0.3 is 0 Å². The molecule has 2 heterocycles. The van der Waals surface area contributed by atoms with E-state index in [0.29, 0.717) is 31.3 Å². The molecular weight excluding hydrogens is 441 g/mol. The SMILES string of the molecule is Cc1ccc(-n2cnnc2SCC(=O)N2CCN(C(=O)Cc3ccc(F)cc3)CC2)cc1C. The molecule has 1 saturated heterocycles. The summed E-state index contributed by atoms with van der Waals surface area (Å²) in [5.74, 6) is -0.0548. The Balaban J connectivity index is 1.28. The van der Waals surface area contributed by atoms with E-state index in [2.05, 4.69) is 36.2 Å². The van der Waals surface area contributed by atoms with E-state index in [-0.39, 0.29) is 29.8 Å². The molecule has 0 spiro atoms. The fourth-order valence-electron chi connectivity index (χ4n) is 3.69. The van der Waals surface area contributed by atoms with Crippen LogP contribution in [0.5, 0.6) is 0 Å². The lowest BCUT2D eigenvalue weighted by Gasteiger charge is -2.34. The van der Waals surface area contributed by atoms with Crippen LogP contribution in [0, 0.1) is 19.7 Å². The van der Waals surface area contributed by atoms with Crippen molar-refractivity contribution in [1.29, 1.82) is 0 Å². The van der Waals surface area contributed by atoms with Gasteiger partial charge in [0.05, 0.1) is 12.2 Å². The molecule has 1 aliphatic rings. The van der Waals surface area contributed by atoms with Gasteiger partial charge in [0, 0.05) is 31.9 Å². The third-order valence-electron chi connectivity index (χ3n) is 5.86. The zero-order chi connectivity index (χ0) is 23.4. The lowest BCUT2D eigenvalue weighted by molar-refractivity contribution is -0.137. The molecule has 7 nitrogen and oxygen atoms in total. The average Bonchev–Trinajstić information content (AvgIpc) is 3.29. The number of aryl methyl sites for hydroxylation is 2. The Hall–Kier alpha value is -3.20. The van der Waals surface area contributed by atoms with Gasteiger partial charge < -0.3 is 9.80 Å². The highest BCUT2D eigenvalue weighted by molar-refractivity contribution is 7.99. The Morgan fingerprint density at radius 3 is 2.27 bits per heavy atom. The molecule has 0 unspecified atom stereocenters. The van der Waals surface area contributed by atoms with Crippen molar-refractivity contribution < 1.29 is 14.0 Å². The van der Waals surface area contributed by atoms with Gasteiger partial charge in [-0.2, -0.15) is 0 Å². The number of piperazine rings is 1. The van der Waals surface area contributed by atoms with Crippen molar-refractivity contribution in [1.82, 2.24) is 24.6 Å². The molecular formula is C24H26FN5O2S. The average molecular weight is 468 g/mol. The third-order valence-corrected chi connectivity index (χ3v) is 6.79. The number of aromatic nitrogens is 3. The topological polar surface area (TPSA) is 71.3 Å². The minimum atomic E-state index is -0.316. The lowest BCUT2D eigenvalue weighted by Crippen LogP contribution is -2.51. The van der Waals surface area contributed by atoms with Crippen LogP contribution in [0.1, 0.15) is 16.7 Å². The summed E-state index contributed by atoms with van der Waals surface area (Å²) in [7, 11) is 0. The summed E-state index contributed by atoms with van der Waals surface area (Å²) in [6.07, 6.45) is 1.89. The fourth-order valence-corrected chi connectivity index (χ4v) is 4.52. The number of carbonyl (C=O) groups is 2. The summed E-state index contributed by atoms with van der Waals surface area (Å²) in [5.41, 5.74) is 4.14. The molecule has 0 bridgehead atoms. The number of benzene rings is 2. The second kappa shape index (κ2) is 10.2. The van der Waals surface area contributed by atoms with Gasteiger partial charge in [0.25, 0.3) is 0 Å². The molecule has 9 heteroatoms. The van der Waals surface area contributed by atoms with Crippen molar-refractivity contribution in [3.63, 3.8) is 0 Å². The second-order valence-corrected chi connectivity index (χ2v) is 9.05. The molecule has 1 aromatic heterocycles. The Morgan fingerprint density at radius 1 is 0.939 bits per heavy atom. The molecule has 0 atom stereocenters. The smallest absolute Gasteiger partial charge is 0.233 e. The van der Waals surface area contributed by atoms with E-state index in [1.807, 2.05) is 10.6 Å². The maximum absolute atomic E-state index is 13.0. The van der Waals surface area contributed by atoms with Gasteiger partial charge in [-0.3, -0.25) is 14.2 Å². The van der Waals surface area contributed by atoms with Crippen LogP contribution in [0.4, 0.5) is 4.39 Å². The standard InChI is InChI=1S/C24H26FN5O2S/c1-17-3-8-21(13-18(17)2)30-16-26-27-24(30)33-15-23(32)29-11-9-28(10-12-29)22(31)14-19-4-6-20(25)7-5-19/h3-8,13,16H,9-12,14-15H2,1-2H3. The zero-order valence-electron chi connectivity index (χ0n) is 18.7. The van der Waals surface area contributed by atoms with Crippen LogP contribution in [0.15, 0.2) is 53.9 Å². The first-order chi connectivity index (χ1) is 15.9. The van der Waals surface area contributed by atoms with Crippen LogP contribution >= 0.6 is 11.8 Å². The summed E-state index contributed by atoms with van der Waals surface area (Å²) in [4.78, 5) is 28.8. The van der Waals surface area contributed by atoms with Gasteiger partial charge in [-0.05, 0) is 54.8 Å². The predicted molar refractivity (Wildman–Crippen MR) is 125 cm³/mol. The molecule has 2 amide bonds. The minimum Gasteiger partial charge on any atom is -0.339 e. The van der Waals surface area contributed by atoms with Crippen molar-refractivity contribution in [3.05, 3.63) is 71.3 Å². The number of thioether (sulfide) groups is 1. The van der Waals surface area contributed by atoms with Crippen LogP contribution in [0.2, 0.25) is 0 Å². The van der Waals surface area contributed by atoms with Crippen molar-refractivity contribution in [3.8, 4) is 5.69 Å². The van der Waals surface area contributed by atoms with E-state index in [1.165, 1.54) is 35.0 Å². The van der Waals surface area contributed by atoms with E-state index >= 15 is 0 Å². The molecule has 0 radical (unpaired) electrons. The number of halogens is 1. The highest BCUT2D eigenvalue weighted by atomic mass is 32.2. The summed E-state index contributed by atoms with van der Waals surface area (Å²) in [6, 6.07) is 12.1. The van der Waals surface area contributed by atoms with Crippen LogP contribution in [0.25, 0.3) is 5.69 Å². The summed E-state index contributed by atoms with van der Waals surface area (Å²) >= 11 is 1.36. The van der Waals surface area contributed by atoms with Crippen LogP contribution in [0.3, 0.4) is 0 Å². The molecule has 3 aromatic rings. The van der Waals surface area contributed by atoms with Gasteiger partial charge in [-0.25, -0.2) is 4.39 Å². The van der Waals surface area contributed by atoms with Crippen LogP contribution in [-0.2, 0) is 16.0 Å². The number of rotatable bonds is 6. The van der Waals surface area contributed by atoms with Gasteiger partial charge in [0.15, 0.2) is 5.16 Å². The zero-order valence-corrected chi connectivity index (χ0v) is 19.5. The molecule has 1 aliphatic heterocycles. The first kappa shape index (κ1) is 23.0. The highest BCUT2D eigenvalue weighted by Crippen LogP contribution is 2.22. The lowest BCUT2D eigenvalue weighted by atomic mass is 10.1. The van der Waals surface area contributed by atoms with E-state index in [9.17, 15) is 14.0 Å². The molecule has 33 heavy (non-hydrogen) atoms. The Labute approximate surface area is 196 Å². The Morgan fingerprint density at radius 2 is 1.61 bits per heavy atom. The molecule has 0 aliphatic carbocycles. The number of carbonyl (C=O) groups excluding carboxylic acids is 2. The molecule has 0 saturated carbocycles. The molecule has 1 fully saturated rings. The maximum Gasteiger partial charge on any atom is 0.233 e. The predicted octanol–water partition coefficient (Wildman–Crippen LogP) is 3.03. The third kappa shape index (κ3) is 5.60. The van der Waals surface area contributed by atoms with Crippen LogP contribution in [-0.4, -0.2) is 68.3 Å². The van der Waals surface area contributed by atoms with Crippen molar-refractivity contribution >= 4 is 23.6 Å². The Kier molecular flexibility index (Phi) is 7.08. The molecule has 4 rings (SSSR count). The van der Waals surface area contributed by atoms with Crippen molar-refractivity contribution in [2.75, 3.05) is 31.9 Å². The van der Waals surface area contributed by atoms with E-state index in [1.54, 1.807) is 28.3 Å². The molecule has 172 valence electrons. The van der Waals surface area contributed by atoms with Gasteiger partial charge in [0.1, 0.15) is 12.1 Å². The largest absolute Gasteiger partial charge is 0.339 e. The quantitative estimate of drug-likeness (QED) is 0.521. The second-order valence-electron chi connectivity index (χ2n) is 8.11. The first-order valence-corrected chi connectivity index (χ1v) is 11.8. The number of nitrogens with zero attached hydrogens (tertiary/aromatic N) is 5. The van der Waals surface area contributed by atoms with Crippen molar-refractivity contribution in [2.24, 2.45) is 0 Å².